The molecule has 0 aliphatic carbocycles. The third-order valence-electron chi connectivity index (χ3n) is 9.43. The quantitative estimate of drug-likeness (QED) is 0.105. The van der Waals surface area contributed by atoms with Crippen molar-refractivity contribution in [3.63, 3.8) is 0 Å². The third kappa shape index (κ3) is 11.5. The minimum absolute atomic E-state index is 0.0431. The van der Waals surface area contributed by atoms with E-state index in [0.29, 0.717) is 19.7 Å². The molecule has 2 heterocycles. The lowest BCUT2D eigenvalue weighted by molar-refractivity contribution is 0.180. The van der Waals surface area contributed by atoms with Crippen molar-refractivity contribution in [1.29, 1.82) is 0 Å². The standard InChI is InChI=1S/C43H60N4O3S/c1-10-37(49-30-29-46-26-17-18-27-46)23-22-34(3)42-45-39-31-38(50-51(8,9)43(4,5)6)24-25-40(39)47(42)28-16-15-21-36(41(11-2)48-7)33-44-32-35-19-13-12-14-20-35/h10-16,19-25,31,44H,1,17-18,26-30,32-33H2,2-9H3/b16-15+,34-22+,36-21-,37-23+,41-11+. The molecule has 2 aromatic carbocycles. The number of hydrogen-bond acceptors (Lipinski definition) is 6. The number of imidazole rings is 1. The second-order valence-electron chi connectivity index (χ2n) is 14.2. The van der Waals surface area contributed by atoms with Gasteiger partial charge in [0, 0.05) is 42.6 Å². The molecule has 1 aliphatic rings. The van der Waals surface area contributed by atoms with Crippen LogP contribution in [0, 0.1) is 0 Å². The van der Waals surface area contributed by atoms with Crippen LogP contribution in [0.25, 0.3) is 16.6 Å². The summed E-state index contributed by atoms with van der Waals surface area (Å²) >= 11 is 0. The highest BCUT2D eigenvalue weighted by molar-refractivity contribution is 8.30. The summed E-state index contributed by atoms with van der Waals surface area (Å²) in [5, 5.41) is 3.56. The van der Waals surface area contributed by atoms with Gasteiger partial charge < -0.3 is 23.5 Å². The maximum atomic E-state index is 6.61. The second kappa shape index (κ2) is 19.0. The van der Waals surface area contributed by atoms with Gasteiger partial charge in [0.15, 0.2) is 0 Å². The van der Waals surface area contributed by atoms with E-state index in [1.54, 1.807) is 13.2 Å². The van der Waals surface area contributed by atoms with Crippen LogP contribution in [0.1, 0.15) is 58.8 Å². The summed E-state index contributed by atoms with van der Waals surface area (Å²) in [7, 11) is 0.367. The first-order valence-corrected chi connectivity index (χ1v) is 20.4. The molecular weight excluding hydrogens is 653 g/mol. The van der Waals surface area contributed by atoms with Crippen molar-refractivity contribution < 1.29 is 13.7 Å². The number of rotatable bonds is 18. The molecular formula is C43H60N4O3S. The van der Waals surface area contributed by atoms with E-state index in [1.165, 1.54) is 18.4 Å². The third-order valence-corrected chi connectivity index (χ3v) is 13.0. The molecule has 0 saturated carbocycles. The lowest BCUT2D eigenvalue weighted by Crippen LogP contribution is -2.27. The maximum Gasteiger partial charge on any atom is 0.137 e. The minimum atomic E-state index is -1.35. The Balaban J connectivity index is 1.60. The lowest BCUT2D eigenvalue weighted by Gasteiger charge is -2.43. The van der Waals surface area contributed by atoms with Gasteiger partial charge in [-0.3, -0.25) is 4.90 Å². The molecule has 8 heteroatoms. The molecule has 1 aromatic heterocycles. The highest BCUT2D eigenvalue weighted by Gasteiger charge is 2.30. The van der Waals surface area contributed by atoms with Crippen LogP contribution in [0.5, 0.6) is 5.75 Å². The fourth-order valence-electron chi connectivity index (χ4n) is 5.72. The highest BCUT2D eigenvalue weighted by Crippen LogP contribution is 2.53. The van der Waals surface area contributed by atoms with Crippen LogP contribution in [-0.4, -0.2) is 71.6 Å². The van der Waals surface area contributed by atoms with E-state index < -0.39 is 10.3 Å². The van der Waals surface area contributed by atoms with E-state index >= 15 is 0 Å². The van der Waals surface area contributed by atoms with Gasteiger partial charge in [0.1, 0.15) is 29.7 Å². The lowest BCUT2D eigenvalue weighted by atomic mass is 10.1. The molecule has 0 radical (unpaired) electrons. The van der Waals surface area contributed by atoms with Crippen molar-refractivity contribution in [2.24, 2.45) is 0 Å². The zero-order valence-corrected chi connectivity index (χ0v) is 33.0. The molecule has 0 spiro atoms. The monoisotopic (exact) mass is 712 g/mol. The predicted molar refractivity (Wildman–Crippen MR) is 219 cm³/mol. The van der Waals surface area contributed by atoms with E-state index in [0.717, 1.165) is 71.5 Å². The normalized spacial score (nSPS) is 15.9. The number of allylic oxidation sites excluding steroid dienone is 8. The zero-order chi connectivity index (χ0) is 36.9. The molecule has 1 N–H and O–H groups in total. The molecule has 0 bridgehead atoms. The number of hydrogen-bond donors (Lipinski definition) is 1. The summed E-state index contributed by atoms with van der Waals surface area (Å²) < 4.78 is 20.7. The Bertz CT molecular complexity index is 1740. The number of aromatic nitrogens is 2. The Morgan fingerprint density at radius 3 is 2.45 bits per heavy atom. The van der Waals surface area contributed by atoms with Gasteiger partial charge in [-0.1, -0.05) is 71.5 Å². The molecule has 0 unspecified atom stereocenters. The van der Waals surface area contributed by atoms with Crippen molar-refractivity contribution in [2.75, 3.05) is 52.4 Å². The van der Waals surface area contributed by atoms with Crippen LogP contribution in [0.2, 0.25) is 0 Å². The first-order valence-electron chi connectivity index (χ1n) is 18.1. The molecule has 0 atom stereocenters. The van der Waals surface area contributed by atoms with Gasteiger partial charge in [-0.2, -0.15) is 0 Å². The molecule has 1 aliphatic heterocycles. The van der Waals surface area contributed by atoms with E-state index in [9.17, 15) is 0 Å². The van der Waals surface area contributed by atoms with Gasteiger partial charge in [0.25, 0.3) is 0 Å². The Kier molecular flexibility index (Phi) is 14.8. The van der Waals surface area contributed by atoms with Crippen molar-refractivity contribution in [3.8, 4) is 5.75 Å². The number of likely N-dealkylation sites (tertiary alicyclic amines) is 1. The average molecular weight is 713 g/mol. The summed E-state index contributed by atoms with van der Waals surface area (Å²) in [6, 6.07) is 16.7. The Morgan fingerprint density at radius 1 is 1.04 bits per heavy atom. The van der Waals surface area contributed by atoms with Crippen LogP contribution in [0.15, 0.2) is 115 Å². The Labute approximate surface area is 309 Å². The summed E-state index contributed by atoms with van der Waals surface area (Å²) in [4.78, 5) is 7.61. The molecule has 276 valence electrons. The zero-order valence-electron chi connectivity index (χ0n) is 32.2. The first-order chi connectivity index (χ1) is 24.5. The first kappa shape index (κ1) is 39.8. The fourth-order valence-corrected chi connectivity index (χ4v) is 6.55. The topological polar surface area (TPSA) is 60.8 Å². The Hall–Kier alpha value is -3.98. The van der Waals surface area contributed by atoms with Crippen LogP contribution >= 0.6 is 10.3 Å². The summed E-state index contributed by atoms with van der Waals surface area (Å²) in [6.45, 7) is 20.8. The highest BCUT2D eigenvalue weighted by atomic mass is 32.3. The van der Waals surface area contributed by atoms with Crippen LogP contribution in [-0.2, 0) is 22.6 Å². The van der Waals surface area contributed by atoms with Crippen molar-refractivity contribution >= 4 is 26.9 Å². The molecule has 4 rings (SSSR count). The number of benzene rings is 2. The van der Waals surface area contributed by atoms with Crippen LogP contribution in [0.3, 0.4) is 0 Å². The van der Waals surface area contributed by atoms with Crippen molar-refractivity contribution in [2.45, 2.75) is 65.3 Å². The van der Waals surface area contributed by atoms with Gasteiger partial charge >= 0.3 is 0 Å². The summed E-state index contributed by atoms with van der Waals surface area (Å²) in [5.74, 6) is 3.36. The average Bonchev–Trinajstić information content (AvgIpc) is 3.76. The Morgan fingerprint density at radius 2 is 1.78 bits per heavy atom. The van der Waals surface area contributed by atoms with Gasteiger partial charge in [-0.05, 0) is 115 Å². The number of methoxy groups -OCH3 is 1. The molecule has 3 aromatic rings. The molecule has 51 heavy (non-hydrogen) atoms. The number of nitrogens with zero attached hydrogens (tertiary/aromatic N) is 3. The predicted octanol–water partition coefficient (Wildman–Crippen LogP) is 9.60. The van der Waals surface area contributed by atoms with Crippen LogP contribution in [0.4, 0.5) is 0 Å². The molecule has 7 nitrogen and oxygen atoms in total. The van der Waals surface area contributed by atoms with Gasteiger partial charge in [-0.15, -0.1) is 0 Å². The van der Waals surface area contributed by atoms with E-state index in [4.69, 9.17) is 18.6 Å². The SMILES string of the molecule is C=C/C(=C\C=C(/C)c1nc2cc(OS(C)(C)C(C)(C)C)ccc2n1C/C=C/C=C(CNCc1ccccc1)\C(=C/C)OC)OCCN1CCCC1. The maximum absolute atomic E-state index is 6.61. The smallest absolute Gasteiger partial charge is 0.137 e. The van der Waals surface area contributed by atoms with Gasteiger partial charge in [0.2, 0.25) is 0 Å². The van der Waals surface area contributed by atoms with Crippen molar-refractivity contribution in [1.82, 2.24) is 19.8 Å². The largest absolute Gasteiger partial charge is 0.497 e. The van der Waals surface area contributed by atoms with Gasteiger partial charge in [-0.25, -0.2) is 4.98 Å². The second-order valence-corrected chi connectivity index (χ2v) is 18.1. The molecule has 1 saturated heterocycles. The van der Waals surface area contributed by atoms with E-state index in [-0.39, 0.29) is 4.75 Å². The summed E-state index contributed by atoms with van der Waals surface area (Å²) in [6.07, 6.45) is 21.2. The van der Waals surface area contributed by atoms with Crippen LogP contribution < -0.4 is 9.50 Å². The summed E-state index contributed by atoms with van der Waals surface area (Å²) in [5.41, 5.74) is 5.31. The number of nitrogens with one attached hydrogen (secondary N) is 1. The molecule has 0 amide bonds. The molecule has 1 fully saturated rings. The van der Waals surface area contributed by atoms with E-state index in [1.807, 2.05) is 25.1 Å². The number of fused-ring (bicyclic) bond motifs is 1. The fraction of sp³-hybridized carbons (Fsp3) is 0.419. The minimum Gasteiger partial charge on any atom is -0.497 e. The van der Waals surface area contributed by atoms with E-state index in [2.05, 4.69) is 128 Å². The number of ether oxygens (including phenoxy) is 2. The van der Waals surface area contributed by atoms with Gasteiger partial charge in [0.05, 0.1) is 18.1 Å². The van der Waals surface area contributed by atoms with Crippen molar-refractivity contribution in [3.05, 3.63) is 126 Å².